The molecule has 9 heteroatoms. The maximum Gasteiger partial charge on any atom is 0.217 e. The van der Waals surface area contributed by atoms with Gasteiger partial charge in [0, 0.05) is 43.2 Å². The second-order valence-electron chi connectivity index (χ2n) is 11.3. The van der Waals surface area contributed by atoms with Gasteiger partial charge < -0.3 is 29.3 Å². The Morgan fingerprint density at radius 2 is 1.40 bits per heavy atom. The maximum atomic E-state index is 12.7. The fourth-order valence-corrected chi connectivity index (χ4v) is 7.37. The van der Waals surface area contributed by atoms with Gasteiger partial charge in [0.1, 0.15) is 6.54 Å². The van der Waals surface area contributed by atoms with Crippen molar-refractivity contribution in [3.63, 3.8) is 0 Å². The van der Waals surface area contributed by atoms with Crippen molar-refractivity contribution < 1.29 is 41.8 Å². The van der Waals surface area contributed by atoms with Crippen molar-refractivity contribution in [1.82, 2.24) is 10.0 Å². The molecule has 1 aromatic heterocycles. The highest BCUT2D eigenvalue weighted by atomic mass is 127. The first-order valence-electron chi connectivity index (χ1n) is 16.1. The first-order chi connectivity index (χ1) is 19.9. The fourth-order valence-electron chi connectivity index (χ4n) is 5.20. The number of amides is 1. The summed E-state index contributed by atoms with van der Waals surface area (Å²) < 4.78 is 30.1. The minimum atomic E-state index is -3.42. The molecule has 0 spiro atoms. The highest BCUT2D eigenvalue weighted by Gasteiger charge is 2.17. The van der Waals surface area contributed by atoms with Gasteiger partial charge in [-0.3, -0.25) is 4.79 Å². The van der Waals surface area contributed by atoms with Gasteiger partial charge in [-0.25, -0.2) is 13.1 Å². The molecule has 2 rings (SSSR count). The van der Waals surface area contributed by atoms with Crippen LogP contribution in [0.4, 0.5) is 0 Å². The van der Waals surface area contributed by atoms with E-state index in [2.05, 4.69) is 39.7 Å². The van der Waals surface area contributed by atoms with Crippen LogP contribution in [-0.4, -0.2) is 44.2 Å². The van der Waals surface area contributed by atoms with Gasteiger partial charge in [0.25, 0.3) is 0 Å². The molecule has 0 saturated carbocycles. The molecule has 0 fully saturated rings. The van der Waals surface area contributed by atoms with Crippen LogP contribution in [0, 0.1) is 0 Å². The number of benzene rings is 1. The van der Waals surface area contributed by atoms with Crippen molar-refractivity contribution in [2.24, 2.45) is 0 Å². The summed E-state index contributed by atoms with van der Waals surface area (Å²) in [5.41, 5.74) is 1.10. The number of hydrogen-bond acceptors (Lipinski definition) is 4. The Labute approximate surface area is 278 Å². The number of pyridine rings is 1. The van der Waals surface area contributed by atoms with Gasteiger partial charge in [0.15, 0.2) is 6.20 Å². The Morgan fingerprint density at radius 1 is 0.833 bits per heavy atom. The summed E-state index contributed by atoms with van der Waals surface area (Å²) in [6, 6.07) is 12.0. The number of fused-ring (bicyclic) bond motifs is 1. The number of unbranched alkanes of at least 4 members (excludes halogenated alkanes) is 13. The SMILES string of the molecule is CCCCCCCCCCCCCCCCSCC(CNS(=O)(=O)CCC[n+]1cccc2ccccc21)NC(C)=O.[I-]. The number of carbonyl (C=O) groups is 1. The van der Waals surface area contributed by atoms with Crippen LogP contribution in [0.1, 0.15) is 110 Å². The fraction of sp³-hybridized carbons (Fsp3) is 0.697. The van der Waals surface area contributed by atoms with Crippen LogP contribution in [0.2, 0.25) is 0 Å². The van der Waals surface area contributed by atoms with Crippen LogP contribution in [0.15, 0.2) is 42.6 Å². The van der Waals surface area contributed by atoms with Crippen molar-refractivity contribution in [3.05, 3.63) is 42.6 Å². The zero-order chi connectivity index (χ0) is 29.6. The second-order valence-corrected chi connectivity index (χ2v) is 14.4. The van der Waals surface area contributed by atoms with Crippen LogP contribution < -0.4 is 38.6 Å². The highest BCUT2D eigenvalue weighted by Crippen LogP contribution is 2.14. The normalized spacial score (nSPS) is 12.2. The standard InChI is InChI=1S/C33H55N3O3S2.HI/c1-3-4-5-6-7-8-9-10-11-12-13-14-15-18-26-40-29-32(35-30(2)37)28-34-41(38,39)27-20-25-36-24-19-22-31-21-16-17-23-33(31)36;/h16-17,19,21-24,32,34H,3-15,18,20,25-29H2,1-2H3;1H. The maximum absolute atomic E-state index is 12.7. The first kappa shape index (κ1) is 39.1. The van der Waals surface area contributed by atoms with Crippen molar-refractivity contribution in [2.75, 3.05) is 23.8 Å². The third kappa shape index (κ3) is 18.7. The lowest BCUT2D eigenvalue weighted by atomic mass is 10.0. The average Bonchev–Trinajstić information content (AvgIpc) is 2.95. The number of nitrogens with zero attached hydrogens (tertiary/aromatic N) is 1. The number of thioether (sulfide) groups is 1. The molecule has 2 N–H and O–H groups in total. The molecule has 0 saturated heterocycles. The zero-order valence-corrected chi connectivity index (χ0v) is 29.9. The van der Waals surface area contributed by atoms with Crippen LogP contribution >= 0.6 is 11.8 Å². The van der Waals surface area contributed by atoms with Gasteiger partial charge in [-0.05, 0) is 24.3 Å². The lowest BCUT2D eigenvalue weighted by Gasteiger charge is -2.18. The number of sulfonamides is 1. The van der Waals surface area contributed by atoms with Crippen molar-refractivity contribution in [3.8, 4) is 0 Å². The second kappa shape index (κ2) is 24.4. The van der Waals surface area contributed by atoms with E-state index in [0.717, 1.165) is 16.7 Å². The molecule has 240 valence electrons. The summed E-state index contributed by atoms with van der Waals surface area (Å²) >= 11 is 1.80. The van der Waals surface area contributed by atoms with E-state index in [1.165, 1.54) is 96.8 Å². The van der Waals surface area contributed by atoms with Gasteiger partial charge in [0.05, 0.1) is 11.8 Å². The quantitative estimate of drug-likeness (QED) is 0.0914. The van der Waals surface area contributed by atoms with Crippen molar-refractivity contribution in [2.45, 2.75) is 123 Å². The van der Waals surface area contributed by atoms with Gasteiger partial charge >= 0.3 is 0 Å². The van der Waals surface area contributed by atoms with E-state index in [1.54, 1.807) is 11.8 Å². The minimum absolute atomic E-state index is 0. The van der Waals surface area contributed by atoms with Gasteiger partial charge in [0.2, 0.25) is 21.4 Å². The summed E-state index contributed by atoms with van der Waals surface area (Å²) in [5.74, 6) is 1.69. The van der Waals surface area contributed by atoms with E-state index >= 15 is 0 Å². The largest absolute Gasteiger partial charge is 1.00 e. The monoisotopic (exact) mass is 733 g/mol. The molecule has 0 aliphatic heterocycles. The number of hydrogen-bond donors (Lipinski definition) is 2. The Hall–Kier alpha value is -0.910. The van der Waals surface area contributed by atoms with Gasteiger partial charge in [-0.1, -0.05) is 103 Å². The Morgan fingerprint density at radius 3 is 2.02 bits per heavy atom. The number of aromatic nitrogens is 1. The lowest BCUT2D eigenvalue weighted by molar-refractivity contribution is -0.671. The van der Waals surface area contributed by atoms with E-state index in [1.807, 2.05) is 24.4 Å². The molecule has 1 amide bonds. The predicted molar refractivity (Wildman–Crippen MR) is 176 cm³/mol. The van der Waals surface area contributed by atoms with Crippen LogP contribution in [0.25, 0.3) is 10.9 Å². The van der Waals surface area contributed by atoms with Gasteiger partial charge in [-0.2, -0.15) is 16.3 Å². The first-order valence-corrected chi connectivity index (χ1v) is 18.9. The molecule has 0 aliphatic rings. The van der Waals surface area contributed by atoms with Crippen molar-refractivity contribution in [1.29, 1.82) is 0 Å². The molecular weight excluding hydrogens is 677 g/mol. The Bertz CT molecular complexity index is 1080. The Kier molecular flexibility index (Phi) is 22.7. The van der Waals surface area contributed by atoms with Crippen molar-refractivity contribution >= 4 is 38.6 Å². The third-order valence-corrected chi connectivity index (χ3v) is 10.2. The summed E-state index contributed by atoms with van der Waals surface area (Å²) in [4.78, 5) is 11.7. The van der Waals surface area contributed by atoms with E-state index in [-0.39, 0.29) is 48.2 Å². The molecular formula is C33H56IN3O3S2. The van der Waals surface area contributed by atoms with Gasteiger partial charge in [-0.15, -0.1) is 0 Å². The zero-order valence-electron chi connectivity index (χ0n) is 26.1. The number of halogens is 1. The molecule has 42 heavy (non-hydrogen) atoms. The molecule has 1 atom stereocenters. The molecule has 1 heterocycles. The lowest BCUT2D eigenvalue weighted by Crippen LogP contribution is -3.00. The number of nitrogens with one attached hydrogen (secondary N) is 2. The van der Waals surface area contributed by atoms with E-state index in [0.29, 0.717) is 18.7 Å². The molecule has 0 aliphatic carbocycles. The summed E-state index contributed by atoms with van der Waals surface area (Å²) in [6.45, 7) is 4.62. The number of carbonyl (C=O) groups excluding carboxylic acids is 1. The molecule has 0 radical (unpaired) electrons. The highest BCUT2D eigenvalue weighted by molar-refractivity contribution is 7.99. The van der Waals surface area contributed by atoms with E-state index in [4.69, 9.17) is 0 Å². The topological polar surface area (TPSA) is 79.2 Å². The van der Waals surface area contributed by atoms with E-state index < -0.39 is 10.0 Å². The third-order valence-electron chi connectivity index (χ3n) is 7.52. The minimum Gasteiger partial charge on any atom is -1.00 e. The predicted octanol–water partition coefficient (Wildman–Crippen LogP) is 4.16. The summed E-state index contributed by atoms with van der Waals surface area (Å²) in [6.07, 6.45) is 21.4. The van der Waals surface area contributed by atoms with Crippen LogP contribution in [0.3, 0.4) is 0 Å². The number of rotatable bonds is 25. The number of aryl methyl sites for hydroxylation is 1. The Balaban J connectivity index is 0.00000882. The summed E-state index contributed by atoms with van der Waals surface area (Å²) in [7, 11) is -3.42. The smallest absolute Gasteiger partial charge is 0.217 e. The van der Waals surface area contributed by atoms with Crippen LogP contribution in [-0.2, 0) is 21.4 Å². The molecule has 0 bridgehead atoms. The summed E-state index contributed by atoms with van der Waals surface area (Å²) in [5, 5.41) is 4.06. The number of para-hydroxylation sites is 1. The van der Waals surface area contributed by atoms with E-state index in [9.17, 15) is 13.2 Å². The molecule has 2 aromatic rings. The molecule has 1 aromatic carbocycles. The average molecular weight is 734 g/mol. The van der Waals surface area contributed by atoms with Crippen LogP contribution in [0.5, 0.6) is 0 Å². The molecule has 1 unspecified atom stereocenters. The molecule has 6 nitrogen and oxygen atoms in total.